The number of aromatic carboxylic acids is 1. The van der Waals surface area contributed by atoms with Gasteiger partial charge < -0.3 is 23.9 Å². The van der Waals surface area contributed by atoms with Crippen LogP contribution in [0.1, 0.15) is 21.6 Å². The molecule has 1 N–H and O–H groups in total. The average Bonchev–Trinajstić information content (AvgIpc) is 3.44. The number of carboxylic acids is 1. The number of methoxy groups -OCH3 is 3. The Bertz CT molecular complexity index is 1290. The lowest BCUT2D eigenvalue weighted by Crippen LogP contribution is -2.06. The first-order valence-corrected chi connectivity index (χ1v) is 11.1. The van der Waals surface area contributed by atoms with Crippen molar-refractivity contribution in [3.63, 3.8) is 0 Å². The van der Waals surface area contributed by atoms with Gasteiger partial charge in [-0.05, 0) is 55.0 Å². The maximum absolute atomic E-state index is 11.9. The van der Waals surface area contributed by atoms with E-state index in [1.807, 2.05) is 59.3 Å². The van der Waals surface area contributed by atoms with Gasteiger partial charge in [-0.3, -0.25) is 0 Å². The predicted octanol–water partition coefficient (Wildman–Crippen LogP) is 5.36. The van der Waals surface area contributed by atoms with Gasteiger partial charge in [-0.2, -0.15) is 0 Å². The molecule has 0 aliphatic heterocycles. The van der Waals surface area contributed by atoms with E-state index in [0.717, 1.165) is 33.3 Å². The molecule has 33 heavy (non-hydrogen) atoms. The van der Waals surface area contributed by atoms with Crippen LogP contribution in [0.5, 0.6) is 17.2 Å². The summed E-state index contributed by atoms with van der Waals surface area (Å²) in [5.74, 6) is 1.07. The minimum Gasteiger partial charge on any atom is -0.497 e. The van der Waals surface area contributed by atoms with Crippen molar-refractivity contribution >= 4 is 17.3 Å². The third kappa shape index (κ3) is 4.42. The van der Waals surface area contributed by atoms with Gasteiger partial charge >= 0.3 is 5.97 Å². The highest BCUT2D eigenvalue weighted by molar-refractivity contribution is 7.13. The van der Waals surface area contributed by atoms with Crippen LogP contribution in [-0.4, -0.2) is 42.0 Å². The first kappa shape index (κ1) is 22.4. The zero-order valence-electron chi connectivity index (χ0n) is 18.8. The van der Waals surface area contributed by atoms with Gasteiger partial charge in [-0.25, -0.2) is 9.78 Å². The van der Waals surface area contributed by atoms with Crippen LogP contribution >= 0.6 is 11.3 Å². The quantitative estimate of drug-likeness (QED) is 0.378. The molecule has 2 heterocycles. The van der Waals surface area contributed by atoms with Crippen LogP contribution in [0, 0.1) is 6.92 Å². The Balaban J connectivity index is 1.74. The summed E-state index contributed by atoms with van der Waals surface area (Å²) in [6.45, 7) is 2.27. The largest absolute Gasteiger partial charge is 0.497 e. The van der Waals surface area contributed by atoms with E-state index in [0.29, 0.717) is 23.7 Å². The third-order valence-corrected chi connectivity index (χ3v) is 6.38. The molecule has 0 amide bonds. The molecule has 4 aromatic rings. The minimum absolute atomic E-state index is 0.254. The van der Waals surface area contributed by atoms with Crippen molar-refractivity contribution in [2.24, 2.45) is 0 Å². The second-order valence-corrected chi connectivity index (χ2v) is 8.23. The summed E-state index contributed by atoms with van der Waals surface area (Å²) in [4.78, 5) is 16.7. The molecule has 170 valence electrons. The molecule has 0 unspecified atom stereocenters. The molecule has 4 rings (SSSR count). The smallest absolute Gasteiger partial charge is 0.337 e. The number of aromatic nitrogens is 2. The number of carbonyl (C=O) groups is 1. The number of ether oxygens (including phenoxy) is 3. The first-order valence-electron chi connectivity index (χ1n) is 10.2. The lowest BCUT2D eigenvalue weighted by Gasteiger charge is -2.13. The second kappa shape index (κ2) is 9.38. The van der Waals surface area contributed by atoms with Gasteiger partial charge in [-0.15, -0.1) is 11.3 Å². The maximum Gasteiger partial charge on any atom is 0.337 e. The lowest BCUT2D eigenvalue weighted by atomic mass is 10.2. The van der Waals surface area contributed by atoms with E-state index in [2.05, 4.69) is 0 Å². The van der Waals surface area contributed by atoms with Crippen LogP contribution in [0.3, 0.4) is 0 Å². The maximum atomic E-state index is 11.9. The molecule has 0 saturated carbocycles. The second-order valence-electron chi connectivity index (χ2n) is 7.38. The van der Waals surface area contributed by atoms with Crippen molar-refractivity contribution in [3.05, 3.63) is 70.7 Å². The molecule has 7 nitrogen and oxygen atoms in total. The highest BCUT2D eigenvalue weighted by Gasteiger charge is 2.20. The molecule has 0 fully saturated rings. The molecule has 2 aromatic carbocycles. The van der Waals surface area contributed by atoms with E-state index in [-0.39, 0.29) is 5.56 Å². The van der Waals surface area contributed by atoms with Crippen molar-refractivity contribution in [1.82, 2.24) is 9.55 Å². The summed E-state index contributed by atoms with van der Waals surface area (Å²) in [5.41, 5.74) is 4.31. The predicted molar refractivity (Wildman–Crippen MR) is 128 cm³/mol. The van der Waals surface area contributed by atoms with Crippen molar-refractivity contribution in [2.75, 3.05) is 21.3 Å². The van der Waals surface area contributed by atoms with Crippen molar-refractivity contribution in [3.8, 4) is 39.2 Å². The highest BCUT2D eigenvalue weighted by Crippen LogP contribution is 2.34. The fourth-order valence-corrected chi connectivity index (χ4v) is 4.52. The highest BCUT2D eigenvalue weighted by atomic mass is 32.1. The fourth-order valence-electron chi connectivity index (χ4n) is 3.70. The Hall–Kier alpha value is -3.78. The lowest BCUT2D eigenvalue weighted by molar-refractivity contribution is 0.0696. The molecule has 0 spiro atoms. The third-order valence-electron chi connectivity index (χ3n) is 5.49. The van der Waals surface area contributed by atoms with Crippen LogP contribution in [0.2, 0.25) is 0 Å². The van der Waals surface area contributed by atoms with E-state index >= 15 is 0 Å². The summed E-state index contributed by atoms with van der Waals surface area (Å²) < 4.78 is 17.9. The number of hydrogen-bond acceptors (Lipinski definition) is 6. The Kier molecular flexibility index (Phi) is 6.37. The summed E-state index contributed by atoms with van der Waals surface area (Å²) in [6.07, 6.45) is 0. The van der Waals surface area contributed by atoms with Gasteiger partial charge in [0.05, 0.1) is 38.3 Å². The summed E-state index contributed by atoms with van der Waals surface area (Å²) in [6, 6.07) is 15.1. The summed E-state index contributed by atoms with van der Waals surface area (Å²) in [7, 11) is 4.81. The van der Waals surface area contributed by atoms with Crippen LogP contribution in [0.25, 0.3) is 22.0 Å². The molecular weight excluding hydrogens is 440 g/mol. The Morgan fingerprint density at radius 3 is 2.36 bits per heavy atom. The number of nitrogens with zero attached hydrogens (tertiary/aromatic N) is 2. The molecule has 0 bridgehead atoms. The topological polar surface area (TPSA) is 82.8 Å². The van der Waals surface area contributed by atoms with E-state index in [9.17, 15) is 9.90 Å². The number of hydrogen-bond donors (Lipinski definition) is 1. The monoisotopic (exact) mass is 464 g/mol. The standard InChI is InChI=1S/C25H24N2O5S/c1-15-19(25(28)29)12-21(27(15)13-16-5-10-22(31-3)23(11-16)32-4)20-14-33-24(26-20)17-6-8-18(30-2)9-7-17/h5-12,14H,13H2,1-4H3,(H,28,29). The Morgan fingerprint density at radius 1 is 1.00 bits per heavy atom. The van der Waals surface area contributed by atoms with E-state index in [1.54, 1.807) is 27.4 Å². The summed E-state index contributed by atoms with van der Waals surface area (Å²) >= 11 is 1.51. The molecule has 8 heteroatoms. The van der Waals surface area contributed by atoms with Gasteiger partial charge in [0.25, 0.3) is 0 Å². The molecule has 0 aliphatic rings. The van der Waals surface area contributed by atoms with Gasteiger partial charge in [0.1, 0.15) is 10.8 Å². The molecule has 0 atom stereocenters. The summed E-state index contributed by atoms with van der Waals surface area (Å²) in [5, 5.41) is 12.5. The zero-order chi connectivity index (χ0) is 23.5. The van der Waals surface area contributed by atoms with Gasteiger partial charge in [-0.1, -0.05) is 6.07 Å². The van der Waals surface area contributed by atoms with Crippen molar-refractivity contribution in [1.29, 1.82) is 0 Å². The van der Waals surface area contributed by atoms with E-state index in [4.69, 9.17) is 19.2 Å². The van der Waals surface area contributed by atoms with E-state index in [1.165, 1.54) is 11.3 Å². The molecular formula is C25H24N2O5S. The zero-order valence-corrected chi connectivity index (χ0v) is 19.6. The van der Waals surface area contributed by atoms with Crippen LogP contribution < -0.4 is 14.2 Å². The van der Waals surface area contributed by atoms with Crippen LogP contribution in [-0.2, 0) is 6.54 Å². The van der Waals surface area contributed by atoms with Crippen LogP contribution in [0.4, 0.5) is 0 Å². The number of thiazole rings is 1. The van der Waals surface area contributed by atoms with Crippen molar-refractivity contribution in [2.45, 2.75) is 13.5 Å². The number of benzene rings is 2. The number of rotatable bonds is 8. The molecule has 2 aromatic heterocycles. The Labute approximate surface area is 195 Å². The molecule has 0 radical (unpaired) electrons. The normalized spacial score (nSPS) is 10.8. The SMILES string of the molecule is COc1ccc(-c2nc(-c3cc(C(=O)O)c(C)n3Cc3ccc(OC)c(OC)c3)cs2)cc1. The van der Waals surface area contributed by atoms with E-state index < -0.39 is 5.97 Å². The van der Waals surface area contributed by atoms with Crippen molar-refractivity contribution < 1.29 is 24.1 Å². The Morgan fingerprint density at radius 2 is 1.73 bits per heavy atom. The van der Waals surface area contributed by atoms with Gasteiger partial charge in [0.2, 0.25) is 0 Å². The van der Waals surface area contributed by atoms with Gasteiger partial charge in [0.15, 0.2) is 11.5 Å². The molecule has 0 saturated heterocycles. The van der Waals surface area contributed by atoms with Crippen LogP contribution in [0.15, 0.2) is 53.9 Å². The average molecular weight is 465 g/mol. The minimum atomic E-state index is -0.967. The molecule has 0 aliphatic carbocycles. The first-order chi connectivity index (χ1) is 15.9. The fraction of sp³-hybridized carbons (Fsp3) is 0.200. The number of carboxylic acid groups (broad SMARTS) is 1. The van der Waals surface area contributed by atoms with Gasteiger partial charge in [0, 0.05) is 23.2 Å².